The summed E-state index contributed by atoms with van der Waals surface area (Å²) in [6, 6.07) is -0.239. The molecule has 2 aliphatic rings. The molecule has 0 aromatic carbocycles. The smallest absolute Gasteiger partial charge is 0.335 e. The van der Waals surface area contributed by atoms with E-state index in [9.17, 15) is 5.11 Å². The van der Waals surface area contributed by atoms with E-state index >= 15 is 0 Å². The van der Waals surface area contributed by atoms with Crippen LogP contribution in [0.25, 0.3) is 0 Å². The first-order chi connectivity index (χ1) is 11.5. The third-order valence-electron chi connectivity index (χ3n) is 5.90. The summed E-state index contributed by atoms with van der Waals surface area (Å²) < 4.78 is 26.4. The first kappa shape index (κ1) is 21.6. The van der Waals surface area contributed by atoms with Crippen molar-refractivity contribution in [2.75, 3.05) is 6.61 Å². The van der Waals surface area contributed by atoms with Crippen LogP contribution in [0, 0.1) is 0 Å². The first-order valence-corrected chi connectivity index (χ1v) is 13.8. The molecule has 2 rings (SSSR count). The molecule has 2 heterocycles. The largest absolute Gasteiger partial charge is 0.414 e. The summed E-state index contributed by atoms with van der Waals surface area (Å²) in [6.45, 7) is 18.0. The van der Waals surface area contributed by atoms with Crippen LogP contribution in [-0.4, -0.2) is 61.0 Å². The van der Waals surface area contributed by atoms with E-state index in [4.69, 9.17) is 17.7 Å². The average Bonchev–Trinajstić information content (AvgIpc) is 2.73. The van der Waals surface area contributed by atoms with Crippen molar-refractivity contribution < 1.29 is 22.8 Å². The van der Waals surface area contributed by atoms with Crippen LogP contribution < -0.4 is 0 Å². The SMILES string of the molecule is B[C@@H]1O[C@@H]2CO[Si](C(C)C)(C(C)C)O[Si](C(C)C)(C(C)C)OC2[C@@H]1O. The van der Waals surface area contributed by atoms with Crippen LogP contribution in [0.2, 0.25) is 22.2 Å². The minimum absolute atomic E-state index is 0.220. The predicted octanol–water partition coefficient (Wildman–Crippen LogP) is 2.66. The van der Waals surface area contributed by atoms with Crippen molar-refractivity contribution >= 4 is 25.0 Å². The highest BCUT2D eigenvalue weighted by atomic mass is 28.5. The quantitative estimate of drug-likeness (QED) is 0.751. The van der Waals surface area contributed by atoms with E-state index < -0.39 is 23.2 Å². The molecule has 1 N–H and O–H groups in total. The first-order valence-electron chi connectivity index (χ1n) is 9.83. The molecule has 8 heteroatoms. The lowest BCUT2D eigenvalue weighted by Crippen LogP contribution is -2.65. The molecule has 4 atom stereocenters. The van der Waals surface area contributed by atoms with Gasteiger partial charge in [-0.3, -0.25) is 0 Å². The Kier molecular flexibility index (Phi) is 6.68. The summed E-state index contributed by atoms with van der Waals surface area (Å²) in [5.74, 6) is 0. The molecule has 0 saturated carbocycles. The van der Waals surface area contributed by atoms with Gasteiger partial charge in [-0.25, -0.2) is 0 Å². The summed E-state index contributed by atoms with van der Waals surface area (Å²) >= 11 is 0. The van der Waals surface area contributed by atoms with E-state index in [0.29, 0.717) is 17.7 Å². The van der Waals surface area contributed by atoms with Gasteiger partial charge < -0.3 is 22.8 Å². The Morgan fingerprint density at radius 1 is 0.880 bits per heavy atom. The van der Waals surface area contributed by atoms with Crippen molar-refractivity contribution in [3.05, 3.63) is 0 Å². The van der Waals surface area contributed by atoms with Crippen LogP contribution in [-0.2, 0) is 17.7 Å². The van der Waals surface area contributed by atoms with Gasteiger partial charge in [0.2, 0.25) is 0 Å². The molecule has 5 nitrogen and oxygen atoms in total. The molecule has 2 saturated heterocycles. The second-order valence-corrected chi connectivity index (χ2v) is 17.8. The number of hydrogen-bond acceptors (Lipinski definition) is 5. The molecule has 1 unspecified atom stereocenters. The summed E-state index contributed by atoms with van der Waals surface area (Å²) in [4.78, 5) is 0. The van der Waals surface area contributed by atoms with E-state index in [1.54, 1.807) is 0 Å². The van der Waals surface area contributed by atoms with Crippen LogP contribution in [0.4, 0.5) is 0 Å². The lowest BCUT2D eigenvalue weighted by molar-refractivity contribution is -0.0318. The van der Waals surface area contributed by atoms with Gasteiger partial charge in [0.1, 0.15) is 20.1 Å². The van der Waals surface area contributed by atoms with Gasteiger partial charge >= 0.3 is 17.1 Å². The Hall–Kier alpha value is 0.299. The van der Waals surface area contributed by atoms with Crippen molar-refractivity contribution in [2.45, 2.75) is 102 Å². The van der Waals surface area contributed by atoms with Gasteiger partial charge in [0.25, 0.3) is 0 Å². The van der Waals surface area contributed by atoms with Crippen molar-refractivity contribution in [2.24, 2.45) is 0 Å². The second kappa shape index (κ2) is 7.73. The van der Waals surface area contributed by atoms with Crippen LogP contribution >= 0.6 is 0 Å². The number of ether oxygens (including phenoxy) is 1. The summed E-state index contributed by atoms with van der Waals surface area (Å²) in [7, 11) is -3.25. The molecule has 0 spiro atoms. The molecular weight excluding hydrogens is 351 g/mol. The van der Waals surface area contributed by atoms with Crippen molar-refractivity contribution in [1.29, 1.82) is 0 Å². The van der Waals surface area contributed by atoms with E-state index in [-0.39, 0.29) is 29.3 Å². The molecule has 0 amide bonds. The monoisotopic (exact) mass is 388 g/mol. The van der Waals surface area contributed by atoms with Crippen LogP contribution in [0.1, 0.15) is 55.4 Å². The van der Waals surface area contributed by atoms with Crippen LogP contribution in [0.5, 0.6) is 0 Å². The van der Waals surface area contributed by atoms with Gasteiger partial charge in [0.15, 0.2) is 0 Å². The third kappa shape index (κ3) is 3.68. The van der Waals surface area contributed by atoms with E-state index in [1.165, 1.54) is 0 Å². The van der Waals surface area contributed by atoms with Gasteiger partial charge in [-0.05, 0) is 22.2 Å². The number of aliphatic hydroxyl groups excluding tert-OH is 1. The highest BCUT2D eigenvalue weighted by molar-refractivity contribution is 6.83. The Bertz CT molecular complexity index is 444. The fourth-order valence-corrected chi connectivity index (χ4v) is 15.6. The lowest BCUT2D eigenvalue weighted by Gasteiger charge is -2.51. The summed E-state index contributed by atoms with van der Waals surface area (Å²) in [5, 5.41) is 10.6. The second-order valence-electron chi connectivity index (χ2n) is 8.93. The fraction of sp³-hybridized carbons (Fsp3) is 1.00. The molecule has 0 aliphatic carbocycles. The van der Waals surface area contributed by atoms with Crippen LogP contribution in [0.3, 0.4) is 0 Å². The molecule has 0 radical (unpaired) electrons. The Morgan fingerprint density at radius 2 is 1.36 bits per heavy atom. The Labute approximate surface area is 156 Å². The van der Waals surface area contributed by atoms with Gasteiger partial charge in [-0.1, -0.05) is 55.4 Å². The molecule has 146 valence electrons. The predicted molar refractivity (Wildman–Crippen MR) is 107 cm³/mol. The van der Waals surface area contributed by atoms with Crippen molar-refractivity contribution in [3.8, 4) is 0 Å². The number of fused-ring (bicyclic) bond motifs is 1. The molecular formula is C17H37BO5Si2. The molecule has 2 fully saturated rings. The van der Waals surface area contributed by atoms with E-state index in [2.05, 4.69) is 55.4 Å². The molecule has 0 bridgehead atoms. The maximum absolute atomic E-state index is 10.6. The summed E-state index contributed by atoms with van der Waals surface area (Å²) in [5.41, 5.74) is 1.17. The minimum atomic E-state index is -2.64. The zero-order valence-corrected chi connectivity index (χ0v) is 19.4. The topological polar surface area (TPSA) is 57.2 Å². The molecule has 0 aromatic rings. The van der Waals surface area contributed by atoms with E-state index in [0.717, 1.165) is 0 Å². The number of hydrogen-bond donors (Lipinski definition) is 1. The highest BCUT2D eigenvalue weighted by Crippen LogP contribution is 2.47. The highest BCUT2D eigenvalue weighted by Gasteiger charge is 2.61. The molecule has 25 heavy (non-hydrogen) atoms. The summed E-state index contributed by atoms with van der Waals surface area (Å²) in [6.07, 6.45) is -1.21. The maximum atomic E-state index is 10.6. The van der Waals surface area contributed by atoms with E-state index in [1.807, 2.05) is 7.85 Å². The van der Waals surface area contributed by atoms with Crippen molar-refractivity contribution in [1.82, 2.24) is 0 Å². The lowest BCUT2D eigenvalue weighted by atomic mass is 9.93. The van der Waals surface area contributed by atoms with Gasteiger partial charge in [0.05, 0.1) is 18.7 Å². The fourth-order valence-electron chi connectivity index (χ4n) is 4.34. The standard InChI is InChI=1S/C17H37BO5Si2/c1-10(2)24(11(3)4)20-9-14-16(15(19)17(18)21-14)22-25(23-24,12(5)6)13(7)8/h10-17,19H,9,18H2,1-8H3/t14-,15+,16?,17-/m1/s1. The Morgan fingerprint density at radius 3 is 1.80 bits per heavy atom. The average molecular weight is 388 g/mol. The molecule has 2 aliphatic heterocycles. The zero-order chi connectivity index (χ0) is 19.2. The maximum Gasteiger partial charge on any atom is 0.335 e. The zero-order valence-electron chi connectivity index (χ0n) is 17.4. The normalized spacial score (nSPS) is 35.2. The molecule has 0 aromatic heterocycles. The van der Waals surface area contributed by atoms with Gasteiger partial charge in [-0.2, -0.15) is 0 Å². The van der Waals surface area contributed by atoms with Gasteiger partial charge in [0, 0.05) is 0 Å². The van der Waals surface area contributed by atoms with Gasteiger partial charge in [-0.15, -0.1) is 0 Å². The number of rotatable bonds is 4. The number of aliphatic hydroxyl groups is 1. The van der Waals surface area contributed by atoms with Crippen molar-refractivity contribution in [3.63, 3.8) is 0 Å². The Balaban J connectivity index is 2.53. The third-order valence-corrected chi connectivity index (χ3v) is 16.2. The van der Waals surface area contributed by atoms with Crippen LogP contribution in [0.15, 0.2) is 0 Å². The minimum Gasteiger partial charge on any atom is -0.414 e.